The lowest BCUT2D eigenvalue weighted by Gasteiger charge is -2.22. The quantitative estimate of drug-likeness (QED) is 0.557. The fraction of sp³-hybridized carbons (Fsp3) is 0.562. The molecule has 0 fully saturated rings. The zero-order chi connectivity index (χ0) is 14.4. The van der Waals surface area contributed by atoms with Crippen LogP contribution in [0, 0.1) is 31.4 Å². The predicted octanol–water partition coefficient (Wildman–Crippen LogP) is 4.72. The van der Waals surface area contributed by atoms with Gasteiger partial charge in [0.2, 0.25) is 0 Å². The lowest BCUT2D eigenvalue weighted by molar-refractivity contribution is 0.410. The molecule has 0 spiro atoms. The largest absolute Gasteiger partial charge is 0.496 e. The summed E-state index contributed by atoms with van der Waals surface area (Å²) < 4.78 is 5.43. The third kappa shape index (κ3) is 3.67. The Morgan fingerprint density at radius 3 is 2.53 bits per heavy atom. The lowest BCUT2D eigenvalue weighted by Crippen LogP contribution is -2.06. The van der Waals surface area contributed by atoms with E-state index in [0.717, 1.165) is 24.3 Å². The van der Waals surface area contributed by atoms with Crippen LogP contribution in [0.2, 0.25) is 0 Å². The van der Waals surface area contributed by atoms with Crippen molar-refractivity contribution in [3.63, 3.8) is 0 Å². The van der Waals surface area contributed by atoms with Crippen LogP contribution in [0.15, 0.2) is 6.07 Å². The van der Waals surface area contributed by atoms with Crippen LogP contribution in [0.5, 0.6) is 5.75 Å². The van der Waals surface area contributed by atoms with Crippen molar-refractivity contribution in [3.05, 3.63) is 28.3 Å². The van der Waals surface area contributed by atoms with Crippen LogP contribution in [0.1, 0.15) is 47.9 Å². The van der Waals surface area contributed by atoms with Gasteiger partial charge in [-0.3, -0.25) is 0 Å². The monoisotopic (exact) mass is 277 g/mol. The highest BCUT2D eigenvalue weighted by Crippen LogP contribution is 2.35. The number of ether oxygens (including phenoxy) is 1. The highest BCUT2D eigenvalue weighted by Gasteiger charge is 2.18. The van der Waals surface area contributed by atoms with Gasteiger partial charge in [0.25, 0.3) is 0 Å². The summed E-state index contributed by atoms with van der Waals surface area (Å²) in [5, 5.41) is 10.8. The first-order valence-electron chi connectivity index (χ1n) is 6.72. The third-order valence-electron chi connectivity index (χ3n) is 3.86. The van der Waals surface area contributed by atoms with Gasteiger partial charge in [-0.25, -0.2) is 0 Å². The first-order valence-corrected chi connectivity index (χ1v) is 7.70. The maximum absolute atomic E-state index is 8.64. The van der Waals surface area contributed by atoms with E-state index in [2.05, 4.69) is 39.2 Å². The predicted molar refractivity (Wildman–Crippen MR) is 82.9 cm³/mol. The summed E-state index contributed by atoms with van der Waals surface area (Å²) in [5.41, 5.74) is 5.31. The van der Waals surface area contributed by atoms with Crippen molar-refractivity contribution in [3.8, 4) is 11.2 Å². The summed E-state index contributed by atoms with van der Waals surface area (Å²) >= 11 is 1.35. The molecular weight excluding hydrogens is 254 g/mol. The molecule has 1 unspecified atom stereocenters. The minimum absolute atomic E-state index is 0.533. The molecule has 1 atom stereocenters. The molecule has 3 heteroatoms. The molecule has 1 aromatic rings. The first-order chi connectivity index (χ1) is 9.06. The topological polar surface area (TPSA) is 33.0 Å². The number of thiocyanates is 1. The Kier molecular flexibility index (Phi) is 6.24. The molecule has 1 aromatic carbocycles. The fourth-order valence-electron chi connectivity index (χ4n) is 2.70. The van der Waals surface area contributed by atoms with E-state index in [1.165, 1.54) is 34.0 Å². The molecule has 0 aliphatic carbocycles. The van der Waals surface area contributed by atoms with Crippen molar-refractivity contribution in [2.75, 3.05) is 12.9 Å². The van der Waals surface area contributed by atoms with Crippen LogP contribution in [0.4, 0.5) is 0 Å². The van der Waals surface area contributed by atoms with Crippen LogP contribution in [0.25, 0.3) is 0 Å². The molecule has 0 amide bonds. The second-order valence-electron chi connectivity index (χ2n) is 4.89. The molecule has 0 aliphatic heterocycles. The lowest BCUT2D eigenvalue weighted by atomic mass is 9.85. The van der Waals surface area contributed by atoms with Crippen molar-refractivity contribution in [1.29, 1.82) is 5.26 Å². The fourth-order valence-corrected chi connectivity index (χ4v) is 3.20. The third-order valence-corrected chi connectivity index (χ3v) is 4.43. The van der Waals surface area contributed by atoms with Crippen molar-refractivity contribution in [2.45, 2.75) is 46.5 Å². The molecule has 19 heavy (non-hydrogen) atoms. The Morgan fingerprint density at radius 2 is 2.00 bits per heavy atom. The molecule has 0 aromatic heterocycles. The second-order valence-corrected chi connectivity index (χ2v) is 5.77. The molecule has 2 nitrogen and oxygen atoms in total. The van der Waals surface area contributed by atoms with Crippen molar-refractivity contribution in [1.82, 2.24) is 0 Å². The summed E-state index contributed by atoms with van der Waals surface area (Å²) in [6, 6.07) is 2.14. The van der Waals surface area contributed by atoms with Crippen LogP contribution >= 0.6 is 11.8 Å². The number of hydrogen-bond donors (Lipinski definition) is 0. The number of methoxy groups -OCH3 is 1. The van der Waals surface area contributed by atoms with Crippen molar-refractivity contribution in [2.24, 2.45) is 0 Å². The minimum Gasteiger partial charge on any atom is -0.496 e. The zero-order valence-corrected chi connectivity index (χ0v) is 13.4. The van der Waals surface area contributed by atoms with Crippen LogP contribution in [-0.4, -0.2) is 12.9 Å². The zero-order valence-electron chi connectivity index (χ0n) is 12.5. The maximum atomic E-state index is 8.64. The number of nitrogens with zero attached hydrogens (tertiary/aromatic N) is 1. The molecule has 0 saturated carbocycles. The van der Waals surface area contributed by atoms with Gasteiger partial charge in [0.05, 0.1) is 7.11 Å². The Hall–Kier alpha value is -1.14. The molecule has 0 saturated heterocycles. The van der Waals surface area contributed by atoms with Crippen LogP contribution in [0.3, 0.4) is 0 Å². The highest BCUT2D eigenvalue weighted by atomic mass is 32.2. The molecule has 104 valence electrons. The Balaban J connectivity index is 3.10. The van der Waals surface area contributed by atoms with Crippen molar-refractivity contribution >= 4 is 11.8 Å². The first kappa shape index (κ1) is 15.9. The molecular formula is C16H23NOS. The minimum atomic E-state index is 0.533. The summed E-state index contributed by atoms with van der Waals surface area (Å²) in [5.74, 6) is 2.41. The number of benzene rings is 1. The van der Waals surface area contributed by atoms with Gasteiger partial charge in [0.15, 0.2) is 0 Å². The number of nitriles is 1. The molecule has 0 radical (unpaired) electrons. The Bertz CT molecular complexity index is 477. The average molecular weight is 277 g/mol. The standard InChI is InChI=1S/C16H23NOS/c1-6-14(7-8-19-10-17)16-11(2)9-15(18-5)12(3)13(16)4/h9,14H,6-8H2,1-5H3. The number of rotatable bonds is 6. The molecule has 0 bridgehead atoms. The SMILES string of the molecule is CCC(CCSC#N)c1c(C)cc(OC)c(C)c1C. The van der Waals surface area contributed by atoms with E-state index in [1.54, 1.807) is 7.11 Å². The molecule has 0 N–H and O–H groups in total. The van der Waals surface area contributed by atoms with Gasteiger partial charge < -0.3 is 4.74 Å². The van der Waals surface area contributed by atoms with E-state index in [1.807, 2.05) is 0 Å². The van der Waals surface area contributed by atoms with E-state index in [9.17, 15) is 0 Å². The molecule has 0 heterocycles. The maximum Gasteiger partial charge on any atom is 0.133 e. The Labute approximate surface area is 121 Å². The van der Waals surface area contributed by atoms with Gasteiger partial charge in [-0.2, -0.15) is 5.26 Å². The summed E-state index contributed by atoms with van der Waals surface area (Å²) in [7, 11) is 1.72. The van der Waals surface area contributed by atoms with Gasteiger partial charge in [-0.15, -0.1) is 0 Å². The van der Waals surface area contributed by atoms with Gasteiger partial charge in [-0.05, 0) is 79.6 Å². The van der Waals surface area contributed by atoms with E-state index in [-0.39, 0.29) is 0 Å². The van der Waals surface area contributed by atoms with Gasteiger partial charge in [0, 0.05) is 5.75 Å². The average Bonchev–Trinajstić information content (AvgIpc) is 2.41. The normalized spacial score (nSPS) is 12.0. The molecule has 1 rings (SSSR count). The molecule has 0 aliphatic rings. The number of thioether (sulfide) groups is 1. The van der Waals surface area contributed by atoms with Crippen LogP contribution in [-0.2, 0) is 0 Å². The van der Waals surface area contributed by atoms with Gasteiger partial charge in [-0.1, -0.05) is 6.92 Å². The van der Waals surface area contributed by atoms with E-state index < -0.39 is 0 Å². The summed E-state index contributed by atoms with van der Waals surface area (Å²) in [6.07, 6.45) is 2.17. The number of aryl methyl sites for hydroxylation is 1. The van der Waals surface area contributed by atoms with Gasteiger partial charge >= 0.3 is 0 Å². The second kappa shape index (κ2) is 7.45. The smallest absolute Gasteiger partial charge is 0.133 e. The Morgan fingerprint density at radius 1 is 1.32 bits per heavy atom. The van der Waals surface area contributed by atoms with Crippen molar-refractivity contribution < 1.29 is 4.74 Å². The van der Waals surface area contributed by atoms with E-state index in [4.69, 9.17) is 10.00 Å². The summed E-state index contributed by atoms with van der Waals surface area (Å²) in [6.45, 7) is 8.68. The van der Waals surface area contributed by atoms with E-state index >= 15 is 0 Å². The number of hydrogen-bond acceptors (Lipinski definition) is 3. The highest BCUT2D eigenvalue weighted by molar-refractivity contribution is 8.03. The summed E-state index contributed by atoms with van der Waals surface area (Å²) in [4.78, 5) is 0. The van der Waals surface area contributed by atoms with Gasteiger partial charge in [0.1, 0.15) is 11.2 Å². The van der Waals surface area contributed by atoms with Crippen LogP contribution < -0.4 is 4.74 Å². The van der Waals surface area contributed by atoms with E-state index in [0.29, 0.717) is 5.92 Å².